The van der Waals surface area contributed by atoms with Crippen molar-refractivity contribution in [2.75, 3.05) is 19.6 Å². The number of piperidine rings is 1. The van der Waals surface area contributed by atoms with Crippen LogP contribution in [0.4, 0.5) is 0 Å². The predicted molar refractivity (Wildman–Crippen MR) is 97.5 cm³/mol. The van der Waals surface area contributed by atoms with Crippen LogP contribution in [0.3, 0.4) is 0 Å². The number of carbonyl (C=O) groups is 1. The Hall–Kier alpha value is -0.840. The molecule has 1 saturated heterocycles. The molecule has 0 spiro atoms. The average molecular weight is 360 g/mol. The van der Waals surface area contributed by atoms with Crippen molar-refractivity contribution in [3.63, 3.8) is 0 Å². The standard InChI is InChI=1S/C17H25N3O.2ClH/c1-13(15-3-2-8-18-12-15)17(21)20-9-6-16(7-10-20)19-11-14-4-5-14;;/h2-3,8,12-14,16,19H,4-7,9-11H2,1H3;2*1H. The number of hydrogen-bond donors (Lipinski definition) is 1. The molecule has 1 saturated carbocycles. The van der Waals surface area contributed by atoms with Crippen LogP contribution in [-0.4, -0.2) is 41.5 Å². The fourth-order valence-corrected chi connectivity index (χ4v) is 3.01. The van der Waals surface area contributed by atoms with E-state index in [0.717, 1.165) is 37.4 Å². The summed E-state index contributed by atoms with van der Waals surface area (Å²) < 4.78 is 0. The van der Waals surface area contributed by atoms with Crippen molar-refractivity contribution >= 4 is 30.7 Å². The van der Waals surface area contributed by atoms with E-state index < -0.39 is 0 Å². The number of aromatic nitrogens is 1. The van der Waals surface area contributed by atoms with Gasteiger partial charge in [-0.15, -0.1) is 24.8 Å². The summed E-state index contributed by atoms with van der Waals surface area (Å²) in [4.78, 5) is 18.7. The molecule has 1 amide bonds. The van der Waals surface area contributed by atoms with Crippen LogP contribution in [0.1, 0.15) is 44.1 Å². The van der Waals surface area contributed by atoms with Crippen molar-refractivity contribution in [1.82, 2.24) is 15.2 Å². The first-order valence-electron chi connectivity index (χ1n) is 8.16. The van der Waals surface area contributed by atoms with Crippen molar-refractivity contribution in [3.05, 3.63) is 30.1 Å². The number of pyridine rings is 1. The van der Waals surface area contributed by atoms with Crippen LogP contribution in [0.15, 0.2) is 24.5 Å². The molecule has 23 heavy (non-hydrogen) atoms. The van der Waals surface area contributed by atoms with Gasteiger partial charge in [-0.1, -0.05) is 6.07 Å². The maximum absolute atomic E-state index is 12.6. The number of carbonyl (C=O) groups excluding carboxylic acids is 1. The molecule has 1 aromatic rings. The Bertz CT molecular complexity index is 474. The Morgan fingerprint density at radius 1 is 1.30 bits per heavy atom. The molecule has 1 unspecified atom stereocenters. The van der Waals surface area contributed by atoms with Gasteiger partial charge >= 0.3 is 0 Å². The summed E-state index contributed by atoms with van der Waals surface area (Å²) in [6, 6.07) is 4.48. The highest BCUT2D eigenvalue weighted by molar-refractivity contribution is 5.85. The van der Waals surface area contributed by atoms with Gasteiger partial charge in [0, 0.05) is 31.5 Å². The van der Waals surface area contributed by atoms with Gasteiger partial charge in [-0.3, -0.25) is 9.78 Å². The fourth-order valence-electron chi connectivity index (χ4n) is 3.01. The molecule has 1 aliphatic heterocycles. The molecule has 1 aromatic heterocycles. The highest BCUT2D eigenvalue weighted by Crippen LogP contribution is 2.28. The maximum Gasteiger partial charge on any atom is 0.229 e. The summed E-state index contributed by atoms with van der Waals surface area (Å²) in [6.45, 7) is 4.92. The topological polar surface area (TPSA) is 45.2 Å². The van der Waals surface area contributed by atoms with E-state index >= 15 is 0 Å². The molecule has 2 fully saturated rings. The van der Waals surface area contributed by atoms with Gasteiger partial charge in [0.2, 0.25) is 5.91 Å². The van der Waals surface area contributed by atoms with E-state index in [1.807, 2.05) is 24.0 Å². The highest BCUT2D eigenvalue weighted by Gasteiger charge is 2.28. The van der Waals surface area contributed by atoms with Crippen LogP contribution < -0.4 is 5.32 Å². The zero-order chi connectivity index (χ0) is 14.7. The van der Waals surface area contributed by atoms with Crippen LogP contribution in [0, 0.1) is 5.92 Å². The summed E-state index contributed by atoms with van der Waals surface area (Å²) in [6.07, 6.45) is 8.50. The van der Waals surface area contributed by atoms with Crippen LogP contribution in [0.5, 0.6) is 0 Å². The van der Waals surface area contributed by atoms with Crippen LogP contribution in [0.25, 0.3) is 0 Å². The summed E-state index contributed by atoms with van der Waals surface area (Å²) >= 11 is 0. The number of nitrogens with one attached hydrogen (secondary N) is 1. The van der Waals surface area contributed by atoms with Crippen molar-refractivity contribution in [2.45, 2.75) is 44.6 Å². The minimum Gasteiger partial charge on any atom is -0.342 e. The number of rotatable bonds is 5. The largest absolute Gasteiger partial charge is 0.342 e. The first-order chi connectivity index (χ1) is 10.2. The van der Waals surface area contributed by atoms with E-state index in [9.17, 15) is 4.79 Å². The third-order valence-corrected chi connectivity index (χ3v) is 4.75. The summed E-state index contributed by atoms with van der Waals surface area (Å²) in [5.41, 5.74) is 1.01. The molecular weight excluding hydrogens is 333 g/mol. The molecule has 4 nitrogen and oxygen atoms in total. The quantitative estimate of drug-likeness (QED) is 0.878. The van der Waals surface area contributed by atoms with Crippen molar-refractivity contribution in [2.24, 2.45) is 5.92 Å². The van der Waals surface area contributed by atoms with Gasteiger partial charge in [-0.2, -0.15) is 0 Å². The van der Waals surface area contributed by atoms with Gasteiger partial charge in [0.05, 0.1) is 5.92 Å². The van der Waals surface area contributed by atoms with Gasteiger partial charge < -0.3 is 10.2 Å². The lowest BCUT2D eigenvalue weighted by Crippen LogP contribution is -2.46. The smallest absolute Gasteiger partial charge is 0.229 e. The van der Waals surface area contributed by atoms with Crippen molar-refractivity contribution < 1.29 is 4.79 Å². The van der Waals surface area contributed by atoms with E-state index in [2.05, 4.69) is 10.3 Å². The van der Waals surface area contributed by atoms with Gasteiger partial charge in [0.25, 0.3) is 0 Å². The molecule has 130 valence electrons. The van der Waals surface area contributed by atoms with Gasteiger partial charge in [-0.25, -0.2) is 0 Å². The van der Waals surface area contributed by atoms with Crippen LogP contribution in [0.2, 0.25) is 0 Å². The Morgan fingerprint density at radius 3 is 2.57 bits per heavy atom. The highest BCUT2D eigenvalue weighted by atomic mass is 35.5. The predicted octanol–water partition coefficient (Wildman–Crippen LogP) is 3.02. The number of likely N-dealkylation sites (tertiary alicyclic amines) is 1. The number of amides is 1. The summed E-state index contributed by atoms with van der Waals surface area (Å²) in [5.74, 6) is 1.08. The molecule has 2 heterocycles. The lowest BCUT2D eigenvalue weighted by atomic mass is 9.98. The zero-order valence-electron chi connectivity index (χ0n) is 13.6. The second kappa shape index (κ2) is 9.45. The van der Waals surface area contributed by atoms with E-state index in [-0.39, 0.29) is 36.6 Å². The second-order valence-corrected chi connectivity index (χ2v) is 6.46. The maximum atomic E-state index is 12.6. The van der Waals surface area contributed by atoms with E-state index in [0.29, 0.717) is 6.04 Å². The van der Waals surface area contributed by atoms with Gasteiger partial charge in [0.1, 0.15) is 0 Å². The molecule has 6 heteroatoms. The Morgan fingerprint density at radius 2 is 2.00 bits per heavy atom. The monoisotopic (exact) mass is 359 g/mol. The molecule has 0 aromatic carbocycles. The Labute approximate surface area is 151 Å². The SMILES string of the molecule is CC(C(=O)N1CCC(NCC2CC2)CC1)c1cccnc1.Cl.Cl. The van der Waals surface area contributed by atoms with E-state index in [4.69, 9.17) is 0 Å². The minimum atomic E-state index is -0.0883. The lowest BCUT2D eigenvalue weighted by Gasteiger charge is -2.34. The summed E-state index contributed by atoms with van der Waals surface area (Å²) in [7, 11) is 0. The molecule has 1 N–H and O–H groups in total. The van der Waals surface area contributed by atoms with Crippen molar-refractivity contribution in [1.29, 1.82) is 0 Å². The second-order valence-electron chi connectivity index (χ2n) is 6.46. The number of halogens is 2. The van der Waals surface area contributed by atoms with E-state index in [1.54, 1.807) is 12.4 Å². The number of hydrogen-bond acceptors (Lipinski definition) is 3. The first-order valence-corrected chi connectivity index (χ1v) is 8.16. The minimum absolute atomic E-state index is 0. The van der Waals surface area contributed by atoms with Gasteiger partial charge in [0.15, 0.2) is 0 Å². The van der Waals surface area contributed by atoms with Gasteiger partial charge in [-0.05, 0) is 56.7 Å². The molecule has 1 atom stereocenters. The average Bonchev–Trinajstić information content (AvgIpc) is 3.37. The van der Waals surface area contributed by atoms with Crippen LogP contribution >= 0.6 is 24.8 Å². The molecule has 1 aliphatic carbocycles. The molecule has 2 aliphatic rings. The summed E-state index contributed by atoms with van der Waals surface area (Å²) in [5, 5.41) is 3.66. The normalized spacial score (nSPS) is 19.4. The molecule has 0 bridgehead atoms. The Balaban J connectivity index is 0.00000132. The van der Waals surface area contributed by atoms with Crippen LogP contribution in [-0.2, 0) is 4.79 Å². The fraction of sp³-hybridized carbons (Fsp3) is 0.647. The molecular formula is C17H27Cl2N3O. The first kappa shape index (κ1) is 20.2. The number of nitrogens with zero attached hydrogens (tertiary/aromatic N) is 2. The molecule has 3 rings (SSSR count). The lowest BCUT2D eigenvalue weighted by molar-refractivity contribution is -0.133. The third-order valence-electron chi connectivity index (χ3n) is 4.75. The van der Waals surface area contributed by atoms with Crippen molar-refractivity contribution in [3.8, 4) is 0 Å². The third kappa shape index (κ3) is 5.63. The molecule has 0 radical (unpaired) electrons. The zero-order valence-corrected chi connectivity index (χ0v) is 15.2. The Kier molecular flexibility index (Phi) is 8.31. The van der Waals surface area contributed by atoms with E-state index in [1.165, 1.54) is 19.4 Å².